The number of aliphatic carboxylic acids is 1. The van der Waals surface area contributed by atoms with Gasteiger partial charge in [-0.05, 0) is 43.0 Å². The molecular weight excluding hydrogens is 323 g/mol. The molecule has 23 heavy (non-hydrogen) atoms. The molecule has 0 unspecified atom stereocenters. The number of hydrogen-bond acceptors (Lipinski definition) is 4. The van der Waals surface area contributed by atoms with E-state index in [4.69, 9.17) is 15.6 Å². The summed E-state index contributed by atoms with van der Waals surface area (Å²) in [6.07, 6.45) is 2.59. The third-order valence-electron chi connectivity index (χ3n) is 3.75. The van der Waals surface area contributed by atoms with Crippen LogP contribution in [0.15, 0.2) is 24.4 Å². The van der Waals surface area contributed by atoms with Crippen molar-refractivity contribution in [2.75, 3.05) is 13.7 Å². The Labute approximate surface area is 140 Å². The zero-order valence-corrected chi connectivity index (χ0v) is 13.6. The minimum atomic E-state index is -0.913. The van der Waals surface area contributed by atoms with Crippen molar-refractivity contribution in [3.05, 3.63) is 35.8 Å². The Morgan fingerprint density at radius 1 is 1.48 bits per heavy atom. The number of rotatable bonds is 7. The van der Waals surface area contributed by atoms with E-state index in [1.807, 2.05) is 0 Å². The summed E-state index contributed by atoms with van der Waals surface area (Å²) in [6.45, 7) is 0.0860. The van der Waals surface area contributed by atoms with Crippen molar-refractivity contribution in [2.24, 2.45) is 11.7 Å². The lowest BCUT2D eigenvalue weighted by Crippen LogP contribution is -2.23. The van der Waals surface area contributed by atoms with Crippen LogP contribution >= 0.6 is 12.4 Å². The molecule has 1 aromatic carbocycles. The molecule has 0 saturated carbocycles. The molecule has 0 bridgehead atoms. The van der Waals surface area contributed by atoms with Crippen molar-refractivity contribution in [3.63, 3.8) is 0 Å². The van der Waals surface area contributed by atoms with Crippen molar-refractivity contribution in [3.8, 4) is 5.75 Å². The number of nitrogens with two attached hydrogens (primary N) is 1. The largest absolute Gasteiger partial charge is 0.497 e. The predicted molar refractivity (Wildman–Crippen MR) is 88.6 cm³/mol. The van der Waals surface area contributed by atoms with Crippen LogP contribution in [-0.4, -0.2) is 29.7 Å². The molecule has 0 spiro atoms. The summed E-state index contributed by atoms with van der Waals surface area (Å²) in [5.41, 5.74) is 6.65. The number of aromatic nitrogens is 1. The highest BCUT2D eigenvalue weighted by Gasteiger charge is 2.16. The summed E-state index contributed by atoms with van der Waals surface area (Å²) >= 11 is 0. The molecule has 5 nitrogen and oxygen atoms in total. The van der Waals surface area contributed by atoms with E-state index in [1.165, 1.54) is 6.20 Å². The van der Waals surface area contributed by atoms with Crippen LogP contribution < -0.4 is 10.5 Å². The Hall–Kier alpha value is -1.92. The molecule has 1 heterocycles. The Balaban J connectivity index is 0.00000264. The minimum absolute atomic E-state index is 0. The standard InChI is InChI=1S/C16H19FN2O3.ClH/c1-22-11-5-6-15-13(7-11)12(14(17)9-19-15)4-2-3-10(8-18)16(20)21;/h5-7,9-10H,2-4,8,18H2,1H3,(H,20,21);1H/t10-;/m0./s1. The first-order chi connectivity index (χ1) is 10.6. The number of carboxylic acids is 1. The van der Waals surface area contributed by atoms with Gasteiger partial charge in [-0.2, -0.15) is 0 Å². The minimum Gasteiger partial charge on any atom is -0.497 e. The van der Waals surface area contributed by atoms with Gasteiger partial charge in [-0.1, -0.05) is 0 Å². The van der Waals surface area contributed by atoms with Gasteiger partial charge >= 0.3 is 5.97 Å². The Kier molecular flexibility index (Phi) is 7.19. The monoisotopic (exact) mass is 342 g/mol. The second kappa shape index (κ2) is 8.64. The highest BCUT2D eigenvalue weighted by Crippen LogP contribution is 2.26. The SMILES string of the molecule is COc1ccc2ncc(F)c(CCC[C@@H](CN)C(=O)O)c2c1.Cl. The van der Waals surface area contributed by atoms with Gasteiger partial charge in [0.1, 0.15) is 11.6 Å². The Morgan fingerprint density at radius 3 is 2.83 bits per heavy atom. The quantitative estimate of drug-likeness (QED) is 0.808. The molecule has 0 fully saturated rings. The maximum absolute atomic E-state index is 14.1. The van der Waals surface area contributed by atoms with Gasteiger partial charge in [-0.15, -0.1) is 12.4 Å². The van der Waals surface area contributed by atoms with Crippen molar-refractivity contribution >= 4 is 29.3 Å². The number of methoxy groups -OCH3 is 1. The van der Waals surface area contributed by atoms with E-state index in [2.05, 4.69) is 4.98 Å². The van der Waals surface area contributed by atoms with Gasteiger partial charge in [-0.25, -0.2) is 4.39 Å². The average molecular weight is 343 g/mol. The average Bonchev–Trinajstić information content (AvgIpc) is 2.52. The maximum atomic E-state index is 14.1. The summed E-state index contributed by atoms with van der Waals surface area (Å²) < 4.78 is 19.2. The van der Waals surface area contributed by atoms with Crippen LogP contribution in [0.2, 0.25) is 0 Å². The molecule has 1 aromatic heterocycles. The molecule has 126 valence electrons. The number of fused-ring (bicyclic) bond motifs is 1. The highest BCUT2D eigenvalue weighted by molar-refractivity contribution is 5.85. The first-order valence-electron chi connectivity index (χ1n) is 7.10. The van der Waals surface area contributed by atoms with Crippen molar-refractivity contribution in [2.45, 2.75) is 19.3 Å². The molecule has 0 aliphatic carbocycles. The molecule has 1 atom stereocenters. The van der Waals surface area contributed by atoms with Crippen LogP contribution in [0.5, 0.6) is 5.75 Å². The van der Waals surface area contributed by atoms with E-state index < -0.39 is 11.9 Å². The predicted octanol–water partition coefficient (Wildman–Crippen LogP) is 2.79. The lowest BCUT2D eigenvalue weighted by molar-refractivity contribution is -0.141. The number of aryl methyl sites for hydroxylation is 1. The summed E-state index contributed by atoms with van der Waals surface area (Å²) in [4.78, 5) is 15.0. The Morgan fingerprint density at radius 2 is 2.22 bits per heavy atom. The number of halogens is 2. The second-order valence-corrected chi connectivity index (χ2v) is 5.13. The van der Waals surface area contributed by atoms with E-state index >= 15 is 0 Å². The molecule has 0 saturated heterocycles. The number of pyridine rings is 1. The van der Waals surface area contributed by atoms with E-state index in [9.17, 15) is 9.18 Å². The molecule has 7 heteroatoms. The van der Waals surface area contributed by atoms with Gasteiger partial charge in [0.15, 0.2) is 0 Å². The topological polar surface area (TPSA) is 85.4 Å². The van der Waals surface area contributed by atoms with Crippen molar-refractivity contribution in [1.29, 1.82) is 0 Å². The molecule has 2 rings (SSSR count). The number of ether oxygens (including phenoxy) is 1. The van der Waals surface area contributed by atoms with Crippen LogP contribution in [0.1, 0.15) is 18.4 Å². The van der Waals surface area contributed by atoms with E-state index in [-0.39, 0.29) is 24.8 Å². The van der Waals surface area contributed by atoms with Gasteiger partial charge in [0.2, 0.25) is 0 Å². The molecule has 0 amide bonds. The molecule has 0 radical (unpaired) electrons. The van der Waals surface area contributed by atoms with Crippen molar-refractivity contribution in [1.82, 2.24) is 4.98 Å². The first kappa shape index (κ1) is 19.1. The maximum Gasteiger partial charge on any atom is 0.307 e. The number of carbonyl (C=O) groups is 1. The fourth-order valence-corrected chi connectivity index (χ4v) is 2.45. The number of benzene rings is 1. The first-order valence-corrected chi connectivity index (χ1v) is 7.10. The lowest BCUT2D eigenvalue weighted by Gasteiger charge is -2.11. The lowest BCUT2D eigenvalue weighted by atomic mass is 9.97. The summed E-state index contributed by atoms with van der Waals surface area (Å²) in [6, 6.07) is 5.29. The van der Waals surface area contributed by atoms with E-state index in [0.29, 0.717) is 41.5 Å². The van der Waals surface area contributed by atoms with E-state index in [1.54, 1.807) is 25.3 Å². The van der Waals surface area contributed by atoms with Gasteiger partial charge < -0.3 is 15.6 Å². The van der Waals surface area contributed by atoms with Crippen LogP contribution in [0, 0.1) is 11.7 Å². The van der Waals surface area contributed by atoms with Gasteiger partial charge in [-0.3, -0.25) is 9.78 Å². The molecule has 2 aromatic rings. The summed E-state index contributed by atoms with van der Waals surface area (Å²) in [5, 5.41) is 9.68. The van der Waals surface area contributed by atoms with Crippen LogP contribution in [0.3, 0.4) is 0 Å². The number of carboxylic acid groups (broad SMARTS) is 1. The normalized spacial score (nSPS) is 11.8. The molecule has 0 aliphatic heterocycles. The Bertz CT molecular complexity index is 682. The number of nitrogens with zero attached hydrogens (tertiary/aromatic N) is 1. The fourth-order valence-electron chi connectivity index (χ4n) is 2.45. The van der Waals surface area contributed by atoms with Crippen LogP contribution in [0.25, 0.3) is 10.9 Å². The van der Waals surface area contributed by atoms with E-state index in [0.717, 1.165) is 0 Å². The summed E-state index contributed by atoms with van der Waals surface area (Å²) in [5.74, 6) is -1.26. The second-order valence-electron chi connectivity index (χ2n) is 5.13. The van der Waals surface area contributed by atoms with Gasteiger partial charge in [0.25, 0.3) is 0 Å². The van der Waals surface area contributed by atoms with Crippen molar-refractivity contribution < 1.29 is 19.0 Å². The van der Waals surface area contributed by atoms with Gasteiger partial charge in [0.05, 0.1) is 24.7 Å². The zero-order chi connectivity index (χ0) is 16.1. The van der Waals surface area contributed by atoms with Crippen LogP contribution in [-0.2, 0) is 11.2 Å². The summed E-state index contributed by atoms with van der Waals surface area (Å²) in [7, 11) is 1.55. The zero-order valence-electron chi connectivity index (χ0n) is 12.8. The fraction of sp³-hybridized carbons (Fsp3) is 0.375. The molecule has 3 N–H and O–H groups in total. The third kappa shape index (κ3) is 4.53. The third-order valence-corrected chi connectivity index (χ3v) is 3.75. The number of hydrogen-bond donors (Lipinski definition) is 2. The molecular formula is C16H20ClFN2O3. The molecule has 0 aliphatic rings. The van der Waals surface area contributed by atoms with Crippen LogP contribution in [0.4, 0.5) is 4.39 Å². The smallest absolute Gasteiger partial charge is 0.307 e. The highest BCUT2D eigenvalue weighted by atomic mass is 35.5. The van der Waals surface area contributed by atoms with Gasteiger partial charge in [0, 0.05) is 11.9 Å².